The first-order valence-corrected chi connectivity index (χ1v) is 4.42. The largest absolute Gasteiger partial charge is 0.376 e. The van der Waals surface area contributed by atoms with Crippen molar-refractivity contribution >= 4 is 6.29 Å². The predicted molar refractivity (Wildman–Crippen MR) is 48.4 cm³/mol. The Balaban J connectivity index is 0.000000980. The summed E-state index contributed by atoms with van der Waals surface area (Å²) in [6.07, 6.45) is 6.66. The molecular weight excluding hydrogens is 255 g/mol. The van der Waals surface area contributed by atoms with Gasteiger partial charge in [0, 0.05) is 38.8 Å². The zero-order valence-corrected chi connectivity index (χ0v) is 10.6. The molecule has 2 rings (SSSR count). The standard InChI is InChI=1S/C10H10NO2.Y/c12-7-8-3-2-6-11(10(8)13)9-4-1-5-9;/h2-3,6,9H,1,4-5H2;/q-1;. The van der Waals surface area contributed by atoms with E-state index in [9.17, 15) is 9.59 Å². The van der Waals surface area contributed by atoms with Gasteiger partial charge in [0.2, 0.25) is 0 Å². The maximum Gasteiger partial charge on any atom is 0.145 e. The quantitative estimate of drug-likeness (QED) is 0.749. The third-order valence-electron chi connectivity index (χ3n) is 2.55. The molecule has 0 unspecified atom stereocenters. The van der Waals surface area contributed by atoms with Crippen LogP contribution in [0.4, 0.5) is 0 Å². The van der Waals surface area contributed by atoms with Crippen LogP contribution in [0.1, 0.15) is 30.9 Å². The molecule has 14 heavy (non-hydrogen) atoms. The van der Waals surface area contributed by atoms with Crippen molar-refractivity contribution in [2.45, 2.75) is 25.3 Å². The number of hydrogen-bond donors (Lipinski definition) is 0. The number of pyridine rings is 1. The van der Waals surface area contributed by atoms with E-state index in [4.69, 9.17) is 0 Å². The molecule has 1 saturated carbocycles. The van der Waals surface area contributed by atoms with Gasteiger partial charge in [-0.1, -0.05) is 5.56 Å². The first-order chi connectivity index (χ1) is 6.33. The number of carbonyl (C=O) groups excluding carboxylic acids is 1. The molecule has 0 aromatic carbocycles. The topological polar surface area (TPSA) is 39.1 Å². The summed E-state index contributed by atoms with van der Waals surface area (Å²) in [5.41, 5.74) is -0.0726. The van der Waals surface area contributed by atoms with Crippen LogP contribution in [0.25, 0.3) is 0 Å². The average molecular weight is 265 g/mol. The summed E-state index contributed by atoms with van der Waals surface area (Å²) in [5, 5.41) is 0. The average Bonchev–Trinajstić information content (AvgIpc) is 2.05. The number of hydrogen-bond acceptors (Lipinski definition) is 2. The third kappa shape index (κ3) is 2.04. The van der Waals surface area contributed by atoms with Crippen LogP contribution in [0.2, 0.25) is 0 Å². The van der Waals surface area contributed by atoms with E-state index in [1.165, 1.54) is 12.5 Å². The van der Waals surface area contributed by atoms with E-state index in [-0.39, 0.29) is 43.8 Å². The first kappa shape index (κ1) is 11.8. The Bertz CT molecular complexity index is 382. The van der Waals surface area contributed by atoms with E-state index >= 15 is 0 Å². The molecule has 1 aliphatic rings. The van der Waals surface area contributed by atoms with Gasteiger partial charge in [-0.15, -0.1) is 6.07 Å². The van der Waals surface area contributed by atoms with Crippen molar-refractivity contribution in [3.63, 3.8) is 0 Å². The Labute approximate surface area is 107 Å². The number of nitrogens with zero attached hydrogens (tertiary/aromatic N) is 1. The molecule has 0 saturated heterocycles. The Hall–Kier alpha value is -0.276. The molecule has 0 amide bonds. The van der Waals surface area contributed by atoms with Crippen molar-refractivity contribution in [1.82, 2.24) is 4.57 Å². The second-order valence-electron chi connectivity index (χ2n) is 3.32. The molecule has 71 valence electrons. The molecule has 0 spiro atoms. The molecule has 0 bridgehead atoms. The Kier molecular flexibility index (Phi) is 4.20. The van der Waals surface area contributed by atoms with Gasteiger partial charge in [0.25, 0.3) is 0 Å². The van der Waals surface area contributed by atoms with Gasteiger partial charge in [0.1, 0.15) is 5.56 Å². The summed E-state index contributed by atoms with van der Waals surface area (Å²) in [5.74, 6) is 0. The van der Waals surface area contributed by atoms with Crippen molar-refractivity contribution in [3.05, 3.63) is 34.2 Å². The maximum atomic E-state index is 11.5. The zero-order chi connectivity index (χ0) is 9.26. The van der Waals surface area contributed by atoms with Gasteiger partial charge in [-0.3, -0.25) is 0 Å². The van der Waals surface area contributed by atoms with Crippen molar-refractivity contribution in [3.8, 4) is 0 Å². The minimum Gasteiger partial charge on any atom is -0.376 e. The van der Waals surface area contributed by atoms with E-state index < -0.39 is 0 Å². The Morgan fingerprint density at radius 3 is 2.64 bits per heavy atom. The molecule has 1 fully saturated rings. The third-order valence-corrected chi connectivity index (χ3v) is 2.55. The first-order valence-electron chi connectivity index (χ1n) is 4.42. The van der Waals surface area contributed by atoms with Crippen LogP contribution in [-0.2, 0) is 37.5 Å². The van der Waals surface area contributed by atoms with Gasteiger partial charge in [-0.05, 0) is 25.5 Å². The summed E-state index contributed by atoms with van der Waals surface area (Å²) in [6, 6.07) is 3.53. The summed E-state index contributed by atoms with van der Waals surface area (Å²) in [7, 11) is 0. The molecule has 0 N–H and O–H groups in total. The molecule has 0 atom stereocenters. The van der Waals surface area contributed by atoms with Crippen LogP contribution >= 0.6 is 0 Å². The molecule has 1 radical (unpaired) electrons. The zero-order valence-electron chi connectivity index (χ0n) is 7.77. The summed E-state index contributed by atoms with van der Waals surface area (Å²) < 4.78 is 1.64. The van der Waals surface area contributed by atoms with Gasteiger partial charge in [0.15, 0.2) is 0 Å². The van der Waals surface area contributed by atoms with Crippen LogP contribution < -0.4 is 5.56 Å². The van der Waals surface area contributed by atoms with E-state index in [0.717, 1.165) is 12.8 Å². The van der Waals surface area contributed by atoms with E-state index in [0.29, 0.717) is 6.04 Å². The predicted octanol–water partition coefficient (Wildman–Crippen LogP) is 1.03. The molecule has 1 aliphatic carbocycles. The van der Waals surface area contributed by atoms with Crippen LogP contribution in [0.15, 0.2) is 23.1 Å². The van der Waals surface area contributed by atoms with Gasteiger partial charge in [-0.2, -0.15) is 6.07 Å². The molecule has 1 heterocycles. The second kappa shape index (κ2) is 4.99. The van der Waals surface area contributed by atoms with Crippen LogP contribution in [0.5, 0.6) is 0 Å². The number of rotatable bonds is 2. The number of aromatic nitrogens is 1. The Morgan fingerprint density at radius 2 is 2.14 bits per heavy atom. The normalized spacial score (nSPS) is 15.4. The van der Waals surface area contributed by atoms with Crippen molar-refractivity contribution < 1.29 is 37.5 Å². The molecule has 1 aromatic heterocycles. The monoisotopic (exact) mass is 265 g/mol. The van der Waals surface area contributed by atoms with Crippen molar-refractivity contribution in [2.75, 3.05) is 0 Å². The van der Waals surface area contributed by atoms with E-state index in [1.807, 2.05) is 0 Å². The smallest absolute Gasteiger partial charge is 0.145 e. The van der Waals surface area contributed by atoms with Crippen LogP contribution in [0.3, 0.4) is 0 Å². The fourth-order valence-electron chi connectivity index (χ4n) is 1.54. The Morgan fingerprint density at radius 1 is 1.43 bits per heavy atom. The fourth-order valence-corrected chi connectivity index (χ4v) is 1.54. The summed E-state index contributed by atoms with van der Waals surface area (Å²) in [4.78, 5) is 21.9. The van der Waals surface area contributed by atoms with Crippen LogP contribution in [-0.4, -0.2) is 10.9 Å². The maximum absolute atomic E-state index is 11.5. The van der Waals surface area contributed by atoms with Crippen molar-refractivity contribution in [1.29, 1.82) is 0 Å². The SMILES string of the molecule is O=[C-]c1cccn(C2CCC2)c1=O.[Y]. The van der Waals surface area contributed by atoms with Gasteiger partial charge >= 0.3 is 0 Å². The van der Waals surface area contributed by atoms with E-state index in [1.54, 1.807) is 23.1 Å². The minimum absolute atomic E-state index is 0. The van der Waals surface area contributed by atoms with Gasteiger partial charge in [-0.25, -0.2) is 0 Å². The second-order valence-corrected chi connectivity index (χ2v) is 3.32. The minimum atomic E-state index is -0.206. The van der Waals surface area contributed by atoms with Crippen molar-refractivity contribution in [2.24, 2.45) is 0 Å². The van der Waals surface area contributed by atoms with Gasteiger partial charge < -0.3 is 14.2 Å². The molecular formula is C10H10NO2Y-. The molecule has 4 heteroatoms. The van der Waals surface area contributed by atoms with Gasteiger partial charge in [0.05, 0.1) is 6.29 Å². The molecule has 0 aliphatic heterocycles. The fraction of sp³-hybridized carbons (Fsp3) is 0.400. The summed E-state index contributed by atoms with van der Waals surface area (Å²) in [6.45, 7) is 0. The summed E-state index contributed by atoms with van der Waals surface area (Å²) >= 11 is 0. The van der Waals surface area contributed by atoms with Crippen LogP contribution in [0, 0.1) is 0 Å². The van der Waals surface area contributed by atoms with E-state index in [2.05, 4.69) is 0 Å². The molecule has 1 aromatic rings. The molecule has 3 nitrogen and oxygen atoms in total.